The van der Waals surface area contributed by atoms with Crippen LogP contribution in [-0.4, -0.2) is 25.2 Å². The highest BCUT2D eigenvalue weighted by molar-refractivity contribution is 5.94. The number of nitrogens with one attached hydrogen (secondary N) is 1. The number of amides is 1. The zero-order valence-corrected chi connectivity index (χ0v) is 14.0. The molecular weight excluding hydrogens is 286 g/mol. The second-order valence-electron chi connectivity index (χ2n) is 6.49. The molecule has 0 radical (unpaired) electrons. The van der Waals surface area contributed by atoms with E-state index in [1.54, 1.807) is 7.11 Å². The van der Waals surface area contributed by atoms with Gasteiger partial charge in [0.1, 0.15) is 0 Å². The maximum absolute atomic E-state index is 12.4. The molecule has 0 unspecified atom stereocenters. The monoisotopic (exact) mass is 309 g/mol. The summed E-state index contributed by atoms with van der Waals surface area (Å²) in [6.45, 7) is 4.59. The number of benzene rings is 2. The van der Waals surface area contributed by atoms with E-state index in [1.165, 1.54) is 16.7 Å². The number of rotatable bonds is 4. The minimum absolute atomic E-state index is 0.0412. The molecule has 0 aromatic heterocycles. The lowest BCUT2D eigenvalue weighted by Gasteiger charge is -2.27. The van der Waals surface area contributed by atoms with Gasteiger partial charge in [0.2, 0.25) is 0 Å². The van der Waals surface area contributed by atoms with Crippen LogP contribution >= 0.6 is 0 Å². The Balaban J connectivity index is 1.69. The summed E-state index contributed by atoms with van der Waals surface area (Å²) in [5.74, 6) is -0.0412. The number of hydrogen-bond donors (Lipinski definition) is 1. The highest BCUT2D eigenvalue weighted by Gasteiger charge is 2.37. The fourth-order valence-electron chi connectivity index (χ4n) is 3.23. The van der Waals surface area contributed by atoms with Crippen molar-refractivity contribution in [2.45, 2.75) is 32.3 Å². The van der Waals surface area contributed by atoms with Gasteiger partial charge in [-0.15, -0.1) is 0 Å². The molecule has 1 aliphatic carbocycles. The first-order valence-corrected chi connectivity index (χ1v) is 8.00. The summed E-state index contributed by atoms with van der Waals surface area (Å²) in [5.41, 5.74) is 5.33. The zero-order chi connectivity index (χ0) is 16.4. The lowest BCUT2D eigenvalue weighted by Crippen LogP contribution is -2.45. The van der Waals surface area contributed by atoms with Crippen LogP contribution in [0.4, 0.5) is 0 Å². The van der Waals surface area contributed by atoms with Gasteiger partial charge in [0, 0.05) is 32.1 Å². The second kappa shape index (κ2) is 6.17. The van der Waals surface area contributed by atoms with Crippen LogP contribution in [0.2, 0.25) is 0 Å². The van der Waals surface area contributed by atoms with Crippen molar-refractivity contribution in [1.82, 2.24) is 5.32 Å². The molecule has 0 heterocycles. The third-order valence-corrected chi connectivity index (χ3v) is 4.92. The lowest BCUT2D eigenvalue weighted by molar-refractivity contribution is 0.000176. The molecule has 0 atom stereocenters. The van der Waals surface area contributed by atoms with Crippen LogP contribution in [0.5, 0.6) is 0 Å². The van der Waals surface area contributed by atoms with Gasteiger partial charge in [0.15, 0.2) is 0 Å². The molecule has 3 rings (SSSR count). The fourth-order valence-corrected chi connectivity index (χ4v) is 3.23. The van der Waals surface area contributed by atoms with E-state index in [1.807, 2.05) is 32.0 Å². The Bertz CT molecular complexity index is 711. The summed E-state index contributed by atoms with van der Waals surface area (Å²) in [6, 6.07) is 14.2. The van der Waals surface area contributed by atoms with Gasteiger partial charge in [0.25, 0.3) is 5.91 Å². The molecule has 3 nitrogen and oxygen atoms in total. The first-order valence-electron chi connectivity index (χ1n) is 8.00. The Morgan fingerprint density at radius 2 is 1.74 bits per heavy atom. The molecule has 0 fully saturated rings. The van der Waals surface area contributed by atoms with E-state index in [2.05, 4.69) is 29.6 Å². The van der Waals surface area contributed by atoms with Gasteiger partial charge in [-0.2, -0.15) is 0 Å². The van der Waals surface area contributed by atoms with Crippen LogP contribution in [0.3, 0.4) is 0 Å². The van der Waals surface area contributed by atoms with Crippen LogP contribution < -0.4 is 5.32 Å². The van der Waals surface area contributed by atoms with E-state index in [4.69, 9.17) is 4.74 Å². The number of aryl methyl sites for hydroxylation is 2. The number of methoxy groups -OCH3 is 1. The van der Waals surface area contributed by atoms with E-state index >= 15 is 0 Å². The second-order valence-corrected chi connectivity index (χ2v) is 6.49. The van der Waals surface area contributed by atoms with Crippen molar-refractivity contribution in [2.24, 2.45) is 0 Å². The largest absolute Gasteiger partial charge is 0.376 e. The number of fused-ring (bicyclic) bond motifs is 1. The predicted molar refractivity (Wildman–Crippen MR) is 91.8 cm³/mol. The fraction of sp³-hybridized carbons (Fsp3) is 0.350. The quantitative estimate of drug-likeness (QED) is 0.942. The van der Waals surface area contributed by atoms with Gasteiger partial charge in [-0.05, 0) is 48.2 Å². The molecule has 2 aromatic carbocycles. The molecule has 0 saturated heterocycles. The topological polar surface area (TPSA) is 38.3 Å². The Morgan fingerprint density at radius 3 is 2.30 bits per heavy atom. The Morgan fingerprint density at radius 1 is 1.09 bits per heavy atom. The van der Waals surface area contributed by atoms with Crippen molar-refractivity contribution >= 4 is 5.91 Å². The summed E-state index contributed by atoms with van der Waals surface area (Å²) >= 11 is 0. The zero-order valence-electron chi connectivity index (χ0n) is 14.0. The van der Waals surface area contributed by atoms with Crippen LogP contribution in [0, 0.1) is 13.8 Å². The van der Waals surface area contributed by atoms with Crippen molar-refractivity contribution in [2.75, 3.05) is 13.7 Å². The van der Waals surface area contributed by atoms with Crippen LogP contribution in [0.15, 0.2) is 42.5 Å². The summed E-state index contributed by atoms with van der Waals surface area (Å²) in [7, 11) is 1.73. The normalized spacial score (nSPS) is 15.3. The molecule has 1 amide bonds. The number of carbonyl (C=O) groups is 1. The summed E-state index contributed by atoms with van der Waals surface area (Å²) in [4.78, 5) is 12.4. The molecule has 0 aliphatic heterocycles. The smallest absolute Gasteiger partial charge is 0.251 e. The van der Waals surface area contributed by atoms with Crippen molar-refractivity contribution in [3.05, 3.63) is 70.3 Å². The van der Waals surface area contributed by atoms with Gasteiger partial charge >= 0.3 is 0 Å². The van der Waals surface area contributed by atoms with Crippen LogP contribution in [0.1, 0.15) is 32.6 Å². The van der Waals surface area contributed by atoms with Gasteiger partial charge in [-0.3, -0.25) is 4.79 Å². The maximum atomic E-state index is 12.4. The summed E-state index contributed by atoms with van der Waals surface area (Å²) < 4.78 is 5.80. The molecule has 2 aromatic rings. The lowest BCUT2D eigenvalue weighted by atomic mass is 9.99. The molecule has 0 bridgehead atoms. The molecule has 0 saturated carbocycles. The van der Waals surface area contributed by atoms with E-state index in [0.29, 0.717) is 12.1 Å². The van der Waals surface area contributed by atoms with E-state index < -0.39 is 0 Å². The van der Waals surface area contributed by atoms with Gasteiger partial charge < -0.3 is 10.1 Å². The Labute approximate surface area is 137 Å². The van der Waals surface area contributed by atoms with Gasteiger partial charge in [-0.25, -0.2) is 0 Å². The standard InChI is InChI=1S/C20H23NO2/c1-14-8-9-16(10-15(14)2)19(22)21-13-20(23-3)11-17-6-4-5-7-18(17)12-20/h4-10H,11-13H2,1-3H3,(H,21,22). The average molecular weight is 309 g/mol. The Kier molecular flexibility index (Phi) is 4.22. The van der Waals surface area contributed by atoms with Crippen molar-refractivity contribution < 1.29 is 9.53 Å². The van der Waals surface area contributed by atoms with E-state index in [-0.39, 0.29) is 11.5 Å². The number of ether oxygens (including phenoxy) is 1. The van der Waals surface area contributed by atoms with Gasteiger partial charge in [-0.1, -0.05) is 30.3 Å². The highest BCUT2D eigenvalue weighted by Crippen LogP contribution is 2.32. The molecule has 1 aliphatic rings. The van der Waals surface area contributed by atoms with Crippen molar-refractivity contribution in [1.29, 1.82) is 0 Å². The van der Waals surface area contributed by atoms with Crippen LogP contribution in [0.25, 0.3) is 0 Å². The first-order chi connectivity index (χ1) is 11.0. The summed E-state index contributed by atoms with van der Waals surface area (Å²) in [5, 5.41) is 3.05. The summed E-state index contributed by atoms with van der Waals surface area (Å²) in [6.07, 6.45) is 1.68. The third kappa shape index (κ3) is 3.15. The molecule has 23 heavy (non-hydrogen) atoms. The number of carbonyl (C=O) groups excluding carboxylic acids is 1. The third-order valence-electron chi connectivity index (χ3n) is 4.92. The molecule has 1 N–H and O–H groups in total. The first kappa shape index (κ1) is 15.8. The molecule has 0 spiro atoms. The van der Waals surface area contributed by atoms with E-state index in [9.17, 15) is 4.79 Å². The SMILES string of the molecule is COC1(CNC(=O)c2ccc(C)c(C)c2)Cc2ccccc2C1. The number of hydrogen-bond acceptors (Lipinski definition) is 2. The highest BCUT2D eigenvalue weighted by atomic mass is 16.5. The van der Waals surface area contributed by atoms with Crippen LogP contribution in [-0.2, 0) is 17.6 Å². The van der Waals surface area contributed by atoms with Crippen molar-refractivity contribution in [3.63, 3.8) is 0 Å². The molecule has 3 heteroatoms. The van der Waals surface area contributed by atoms with E-state index in [0.717, 1.165) is 18.4 Å². The minimum Gasteiger partial charge on any atom is -0.376 e. The minimum atomic E-state index is -0.334. The Hall–Kier alpha value is -2.13. The van der Waals surface area contributed by atoms with Gasteiger partial charge in [0.05, 0.1) is 5.60 Å². The molecular formula is C20H23NO2. The predicted octanol–water partition coefficient (Wildman–Crippen LogP) is 3.22. The maximum Gasteiger partial charge on any atom is 0.251 e. The molecule has 120 valence electrons. The average Bonchev–Trinajstić information content (AvgIpc) is 2.94. The van der Waals surface area contributed by atoms with Crippen molar-refractivity contribution in [3.8, 4) is 0 Å².